The molecule has 0 aliphatic carbocycles. The van der Waals surface area contributed by atoms with Crippen molar-refractivity contribution < 1.29 is 18.7 Å². The number of amides is 1. The molecule has 0 saturated carbocycles. The molecular formula is C16H20N2O4S. The Bertz CT molecular complexity index is 636. The van der Waals surface area contributed by atoms with E-state index in [-0.39, 0.29) is 11.6 Å². The van der Waals surface area contributed by atoms with Crippen LogP contribution in [0.4, 0.5) is 0 Å². The highest BCUT2D eigenvalue weighted by molar-refractivity contribution is 7.09. The maximum Gasteiger partial charge on any atom is 0.357 e. The van der Waals surface area contributed by atoms with Crippen molar-refractivity contribution in [2.24, 2.45) is 0 Å². The Morgan fingerprint density at radius 2 is 2.22 bits per heavy atom. The Hall–Kier alpha value is -2.15. The van der Waals surface area contributed by atoms with E-state index in [1.54, 1.807) is 22.4 Å². The van der Waals surface area contributed by atoms with Crippen molar-refractivity contribution in [2.45, 2.75) is 32.7 Å². The number of methoxy groups -OCH3 is 1. The normalized spacial score (nSPS) is 10.5. The summed E-state index contributed by atoms with van der Waals surface area (Å²) < 4.78 is 9.85. The zero-order valence-electron chi connectivity index (χ0n) is 13.3. The van der Waals surface area contributed by atoms with E-state index in [4.69, 9.17) is 4.42 Å². The van der Waals surface area contributed by atoms with Gasteiger partial charge in [0.25, 0.3) is 5.91 Å². The molecule has 2 rings (SSSR count). The lowest BCUT2D eigenvalue weighted by Crippen LogP contribution is -2.31. The number of unbranched alkanes of at least 4 members (excludes halogenated alkanes) is 2. The second kappa shape index (κ2) is 8.47. The van der Waals surface area contributed by atoms with Crippen LogP contribution in [-0.2, 0) is 11.3 Å². The third-order valence-corrected chi connectivity index (χ3v) is 4.16. The predicted octanol–water partition coefficient (Wildman–Crippen LogP) is 3.36. The van der Waals surface area contributed by atoms with Gasteiger partial charge in [0.1, 0.15) is 5.01 Å². The topological polar surface area (TPSA) is 72.6 Å². The first-order valence-corrected chi connectivity index (χ1v) is 8.39. The van der Waals surface area contributed by atoms with E-state index in [0.29, 0.717) is 23.9 Å². The highest BCUT2D eigenvalue weighted by atomic mass is 32.1. The van der Waals surface area contributed by atoms with Gasteiger partial charge in [0, 0.05) is 11.9 Å². The van der Waals surface area contributed by atoms with Crippen molar-refractivity contribution in [2.75, 3.05) is 13.7 Å². The Labute approximate surface area is 139 Å². The number of rotatable bonds is 8. The zero-order chi connectivity index (χ0) is 16.7. The smallest absolute Gasteiger partial charge is 0.357 e. The summed E-state index contributed by atoms with van der Waals surface area (Å²) in [6.45, 7) is 3.09. The number of aromatic nitrogens is 1. The molecule has 6 nitrogen and oxygen atoms in total. The highest BCUT2D eigenvalue weighted by Gasteiger charge is 2.20. The molecule has 0 unspecified atom stereocenters. The molecule has 0 fully saturated rings. The molecule has 1 amide bonds. The molecule has 124 valence electrons. The Balaban J connectivity index is 2.08. The van der Waals surface area contributed by atoms with E-state index in [1.165, 1.54) is 24.7 Å². The molecule has 0 N–H and O–H groups in total. The number of esters is 1. The van der Waals surface area contributed by atoms with Crippen molar-refractivity contribution in [3.63, 3.8) is 0 Å². The van der Waals surface area contributed by atoms with Gasteiger partial charge in [-0.05, 0) is 18.6 Å². The van der Waals surface area contributed by atoms with Gasteiger partial charge in [0.2, 0.25) is 0 Å². The van der Waals surface area contributed by atoms with Crippen LogP contribution in [0.1, 0.15) is 52.2 Å². The summed E-state index contributed by atoms with van der Waals surface area (Å²) >= 11 is 1.34. The van der Waals surface area contributed by atoms with E-state index in [0.717, 1.165) is 19.3 Å². The molecule has 2 heterocycles. The van der Waals surface area contributed by atoms with Gasteiger partial charge in [-0.25, -0.2) is 9.78 Å². The van der Waals surface area contributed by atoms with Crippen LogP contribution >= 0.6 is 11.3 Å². The van der Waals surface area contributed by atoms with Gasteiger partial charge in [-0.1, -0.05) is 19.8 Å². The summed E-state index contributed by atoms with van der Waals surface area (Å²) in [5, 5.41) is 2.34. The fraction of sp³-hybridized carbons (Fsp3) is 0.438. The van der Waals surface area contributed by atoms with E-state index in [1.807, 2.05) is 0 Å². The summed E-state index contributed by atoms with van der Waals surface area (Å²) in [6, 6.07) is 3.34. The monoisotopic (exact) mass is 336 g/mol. The lowest BCUT2D eigenvalue weighted by Gasteiger charge is -2.20. The van der Waals surface area contributed by atoms with Crippen LogP contribution in [0, 0.1) is 0 Å². The number of carbonyl (C=O) groups excluding carboxylic acids is 2. The molecule has 2 aromatic heterocycles. The summed E-state index contributed by atoms with van der Waals surface area (Å²) in [5.74, 6) is -0.324. The molecule has 2 aromatic rings. The standard InChI is InChI=1S/C16H20N2O4S/c1-3-4-5-8-18(15(19)13-7-6-9-22-13)10-14-17-12(11-23-14)16(20)21-2/h6-7,9,11H,3-5,8,10H2,1-2H3. The van der Waals surface area contributed by atoms with E-state index in [2.05, 4.69) is 16.6 Å². The zero-order valence-corrected chi connectivity index (χ0v) is 14.1. The van der Waals surface area contributed by atoms with Crippen LogP contribution in [-0.4, -0.2) is 35.4 Å². The number of nitrogens with zero attached hydrogens (tertiary/aromatic N) is 2. The van der Waals surface area contributed by atoms with Crippen LogP contribution in [0.3, 0.4) is 0 Å². The van der Waals surface area contributed by atoms with Crippen LogP contribution in [0.2, 0.25) is 0 Å². The number of hydrogen-bond acceptors (Lipinski definition) is 6. The summed E-state index contributed by atoms with van der Waals surface area (Å²) in [5.41, 5.74) is 0.270. The number of thiazole rings is 1. The van der Waals surface area contributed by atoms with Gasteiger partial charge >= 0.3 is 5.97 Å². The van der Waals surface area contributed by atoms with E-state index >= 15 is 0 Å². The fourth-order valence-corrected chi connectivity index (χ4v) is 2.88. The number of carbonyl (C=O) groups is 2. The second-order valence-corrected chi connectivity index (χ2v) is 5.97. The van der Waals surface area contributed by atoms with E-state index in [9.17, 15) is 9.59 Å². The minimum atomic E-state index is -0.470. The molecule has 0 saturated heterocycles. The lowest BCUT2D eigenvalue weighted by molar-refractivity contribution is 0.0594. The first-order chi connectivity index (χ1) is 11.2. The summed E-state index contributed by atoms with van der Waals surface area (Å²) in [6.07, 6.45) is 4.52. The third-order valence-electron chi connectivity index (χ3n) is 3.32. The first-order valence-electron chi connectivity index (χ1n) is 7.51. The van der Waals surface area contributed by atoms with E-state index < -0.39 is 5.97 Å². The van der Waals surface area contributed by atoms with Crippen LogP contribution < -0.4 is 0 Å². The first kappa shape index (κ1) is 17.2. The molecular weight excluding hydrogens is 316 g/mol. The molecule has 0 radical (unpaired) electrons. The van der Waals surface area contributed by atoms with Crippen molar-refractivity contribution >= 4 is 23.2 Å². The minimum absolute atomic E-state index is 0.166. The molecule has 0 aromatic carbocycles. The van der Waals surface area contributed by atoms with Gasteiger partial charge in [0.15, 0.2) is 11.5 Å². The molecule has 0 aliphatic heterocycles. The molecule has 0 aliphatic rings. The van der Waals surface area contributed by atoms with Gasteiger partial charge in [0.05, 0.1) is 19.9 Å². The van der Waals surface area contributed by atoms with Gasteiger partial charge in [-0.2, -0.15) is 0 Å². The molecule has 0 atom stereocenters. The average molecular weight is 336 g/mol. The Morgan fingerprint density at radius 3 is 2.87 bits per heavy atom. The van der Waals surface area contributed by atoms with Crippen molar-refractivity contribution in [1.82, 2.24) is 9.88 Å². The third kappa shape index (κ3) is 4.66. The summed E-state index contributed by atoms with van der Waals surface area (Å²) in [4.78, 5) is 29.9. The molecule has 0 bridgehead atoms. The SMILES string of the molecule is CCCCCN(Cc1nc(C(=O)OC)cs1)C(=O)c1ccco1. The van der Waals surface area contributed by atoms with Gasteiger partial charge in [-0.15, -0.1) is 11.3 Å². The van der Waals surface area contributed by atoms with Crippen LogP contribution in [0.15, 0.2) is 28.2 Å². The molecule has 0 spiro atoms. The summed E-state index contributed by atoms with van der Waals surface area (Å²) in [7, 11) is 1.32. The van der Waals surface area contributed by atoms with Crippen molar-refractivity contribution in [3.8, 4) is 0 Å². The number of ether oxygens (including phenoxy) is 1. The maximum absolute atomic E-state index is 12.5. The largest absolute Gasteiger partial charge is 0.464 e. The Kier molecular flexibility index (Phi) is 6.34. The molecule has 7 heteroatoms. The van der Waals surface area contributed by atoms with Gasteiger partial charge < -0.3 is 14.1 Å². The quantitative estimate of drug-likeness (QED) is 0.546. The lowest BCUT2D eigenvalue weighted by atomic mass is 10.2. The maximum atomic E-state index is 12.5. The molecule has 23 heavy (non-hydrogen) atoms. The number of furan rings is 1. The highest BCUT2D eigenvalue weighted by Crippen LogP contribution is 2.16. The average Bonchev–Trinajstić information content (AvgIpc) is 3.24. The predicted molar refractivity (Wildman–Crippen MR) is 86.4 cm³/mol. The fourth-order valence-electron chi connectivity index (χ4n) is 2.11. The van der Waals surface area contributed by atoms with Crippen molar-refractivity contribution in [1.29, 1.82) is 0 Å². The van der Waals surface area contributed by atoms with Gasteiger partial charge in [-0.3, -0.25) is 4.79 Å². The Morgan fingerprint density at radius 1 is 1.39 bits per heavy atom. The van der Waals surface area contributed by atoms with Crippen LogP contribution in [0.25, 0.3) is 0 Å². The second-order valence-electron chi connectivity index (χ2n) is 5.03. The number of hydrogen-bond donors (Lipinski definition) is 0. The van der Waals surface area contributed by atoms with Crippen molar-refractivity contribution in [3.05, 3.63) is 40.2 Å². The van der Waals surface area contributed by atoms with Crippen LogP contribution in [0.5, 0.6) is 0 Å². The minimum Gasteiger partial charge on any atom is -0.464 e.